The van der Waals surface area contributed by atoms with E-state index in [-0.39, 0.29) is 11.8 Å². The first-order chi connectivity index (χ1) is 11.1. The van der Waals surface area contributed by atoms with Gasteiger partial charge in [0.2, 0.25) is 0 Å². The first-order valence-electron chi connectivity index (χ1n) is 7.56. The lowest BCUT2D eigenvalue weighted by Gasteiger charge is -2.25. The molecule has 6 heteroatoms. The van der Waals surface area contributed by atoms with Crippen LogP contribution in [0.3, 0.4) is 0 Å². The van der Waals surface area contributed by atoms with Crippen LogP contribution in [-0.2, 0) is 0 Å². The third kappa shape index (κ3) is 3.53. The molecule has 0 saturated carbocycles. The first kappa shape index (κ1) is 15.6. The van der Waals surface area contributed by atoms with E-state index in [9.17, 15) is 13.6 Å². The SMILES string of the molecule is O=C(Nc1cc(F)c(F)cc1C1CCNCC1)c1ccncc1. The Morgan fingerprint density at radius 1 is 1.13 bits per heavy atom. The van der Waals surface area contributed by atoms with Crippen molar-refractivity contribution in [2.75, 3.05) is 18.4 Å². The van der Waals surface area contributed by atoms with Crippen LogP contribution in [0.1, 0.15) is 34.7 Å². The molecule has 4 nitrogen and oxygen atoms in total. The summed E-state index contributed by atoms with van der Waals surface area (Å²) in [6.45, 7) is 1.64. The maximum Gasteiger partial charge on any atom is 0.255 e. The Balaban J connectivity index is 1.90. The molecule has 0 aliphatic carbocycles. The lowest BCUT2D eigenvalue weighted by molar-refractivity contribution is 0.102. The highest BCUT2D eigenvalue weighted by molar-refractivity contribution is 6.04. The Bertz CT molecular complexity index is 700. The summed E-state index contributed by atoms with van der Waals surface area (Å²) in [6, 6.07) is 5.40. The minimum atomic E-state index is -0.965. The summed E-state index contributed by atoms with van der Waals surface area (Å²) in [6.07, 6.45) is 4.66. The average Bonchev–Trinajstić information content (AvgIpc) is 2.59. The van der Waals surface area contributed by atoms with Gasteiger partial charge in [-0.25, -0.2) is 8.78 Å². The highest BCUT2D eigenvalue weighted by Crippen LogP contribution is 2.33. The minimum Gasteiger partial charge on any atom is -0.322 e. The molecule has 1 saturated heterocycles. The summed E-state index contributed by atoms with van der Waals surface area (Å²) >= 11 is 0. The fourth-order valence-corrected chi connectivity index (χ4v) is 2.84. The van der Waals surface area contributed by atoms with E-state index in [1.165, 1.54) is 18.5 Å². The summed E-state index contributed by atoms with van der Waals surface area (Å²) in [5.41, 5.74) is 1.39. The van der Waals surface area contributed by atoms with Crippen LogP contribution in [0, 0.1) is 11.6 Å². The van der Waals surface area contributed by atoms with Crippen molar-refractivity contribution in [3.05, 3.63) is 59.4 Å². The molecule has 0 spiro atoms. The van der Waals surface area contributed by atoms with Crippen molar-refractivity contribution in [1.29, 1.82) is 0 Å². The molecule has 1 fully saturated rings. The number of hydrogen-bond donors (Lipinski definition) is 2. The van der Waals surface area contributed by atoms with Crippen LogP contribution in [0.25, 0.3) is 0 Å². The Hall–Kier alpha value is -2.34. The maximum atomic E-state index is 13.7. The van der Waals surface area contributed by atoms with Gasteiger partial charge in [-0.15, -0.1) is 0 Å². The highest BCUT2D eigenvalue weighted by atomic mass is 19.2. The van der Waals surface area contributed by atoms with Gasteiger partial charge in [0.15, 0.2) is 11.6 Å². The largest absolute Gasteiger partial charge is 0.322 e. The third-order valence-electron chi connectivity index (χ3n) is 4.06. The number of benzene rings is 1. The summed E-state index contributed by atoms with van der Waals surface area (Å²) in [4.78, 5) is 16.1. The van der Waals surface area contributed by atoms with Crippen molar-refractivity contribution < 1.29 is 13.6 Å². The smallest absolute Gasteiger partial charge is 0.255 e. The summed E-state index contributed by atoms with van der Waals surface area (Å²) < 4.78 is 27.3. The maximum absolute atomic E-state index is 13.7. The fourth-order valence-electron chi connectivity index (χ4n) is 2.84. The number of hydrogen-bond acceptors (Lipinski definition) is 3. The molecule has 0 bridgehead atoms. The van der Waals surface area contributed by atoms with Crippen LogP contribution in [0.15, 0.2) is 36.7 Å². The monoisotopic (exact) mass is 317 g/mol. The van der Waals surface area contributed by atoms with E-state index in [0.29, 0.717) is 16.8 Å². The molecular formula is C17H17F2N3O. The fraction of sp³-hybridized carbons (Fsp3) is 0.294. The molecule has 2 heterocycles. The predicted octanol–water partition coefficient (Wildman–Crippen LogP) is 3.08. The van der Waals surface area contributed by atoms with E-state index in [2.05, 4.69) is 15.6 Å². The minimum absolute atomic E-state index is 0.0964. The van der Waals surface area contributed by atoms with Gasteiger partial charge in [0.25, 0.3) is 5.91 Å². The van der Waals surface area contributed by atoms with Crippen molar-refractivity contribution in [3.8, 4) is 0 Å². The zero-order valence-electron chi connectivity index (χ0n) is 12.5. The lowest BCUT2D eigenvalue weighted by atomic mass is 9.89. The number of amides is 1. The number of carbonyl (C=O) groups excluding carboxylic acids is 1. The van der Waals surface area contributed by atoms with Crippen molar-refractivity contribution in [3.63, 3.8) is 0 Å². The molecular weight excluding hydrogens is 300 g/mol. The van der Waals surface area contributed by atoms with E-state index in [0.717, 1.165) is 32.0 Å². The van der Waals surface area contributed by atoms with Gasteiger partial charge >= 0.3 is 0 Å². The van der Waals surface area contributed by atoms with Crippen LogP contribution >= 0.6 is 0 Å². The Kier molecular flexibility index (Phi) is 4.62. The average molecular weight is 317 g/mol. The van der Waals surface area contributed by atoms with Gasteiger partial charge in [0.1, 0.15) is 0 Å². The van der Waals surface area contributed by atoms with Gasteiger partial charge in [-0.3, -0.25) is 9.78 Å². The van der Waals surface area contributed by atoms with Gasteiger partial charge in [-0.2, -0.15) is 0 Å². The summed E-state index contributed by atoms with van der Waals surface area (Å²) in [5.74, 6) is -2.12. The van der Waals surface area contributed by atoms with E-state index >= 15 is 0 Å². The number of carbonyl (C=O) groups is 1. The second-order valence-corrected chi connectivity index (χ2v) is 5.57. The van der Waals surface area contributed by atoms with Crippen LogP contribution < -0.4 is 10.6 Å². The number of aromatic nitrogens is 1. The number of nitrogens with zero attached hydrogens (tertiary/aromatic N) is 1. The number of piperidine rings is 1. The van der Waals surface area contributed by atoms with Crippen LogP contribution in [0.2, 0.25) is 0 Å². The first-order valence-corrected chi connectivity index (χ1v) is 7.56. The Morgan fingerprint density at radius 2 is 1.78 bits per heavy atom. The molecule has 23 heavy (non-hydrogen) atoms. The molecule has 2 N–H and O–H groups in total. The van der Waals surface area contributed by atoms with Crippen LogP contribution in [0.4, 0.5) is 14.5 Å². The number of nitrogens with one attached hydrogen (secondary N) is 2. The molecule has 1 aliphatic rings. The van der Waals surface area contributed by atoms with E-state index < -0.39 is 11.6 Å². The molecule has 1 aliphatic heterocycles. The zero-order chi connectivity index (χ0) is 16.2. The van der Waals surface area contributed by atoms with Crippen molar-refractivity contribution in [2.24, 2.45) is 0 Å². The van der Waals surface area contributed by atoms with E-state index in [1.54, 1.807) is 12.1 Å². The molecule has 1 aromatic carbocycles. The molecule has 0 radical (unpaired) electrons. The quantitative estimate of drug-likeness (QED) is 0.915. The van der Waals surface area contributed by atoms with Gasteiger partial charge in [-0.05, 0) is 55.6 Å². The lowest BCUT2D eigenvalue weighted by Crippen LogP contribution is -2.27. The molecule has 0 unspecified atom stereocenters. The van der Waals surface area contributed by atoms with Crippen molar-refractivity contribution >= 4 is 11.6 Å². The summed E-state index contributed by atoms with van der Waals surface area (Å²) in [5, 5.41) is 5.93. The Labute approximate surface area is 132 Å². The third-order valence-corrected chi connectivity index (χ3v) is 4.06. The Morgan fingerprint density at radius 3 is 2.48 bits per heavy atom. The number of pyridine rings is 1. The number of halogens is 2. The van der Waals surface area contributed by atoms with E-state index in [1.807, 2.05) is 0 Å². The molecule has 2 aromatic rings. The number of anilines is 1. The van der Waals surface area contributed by atoms with Gasteiger partial charge < -0.3 is 10.6 Å². The van der Waals surface area contributed by atoms with Gasteiger partial charge in [0, 0.05) is 29.7 Å². The highest BCUT2D eigenvalue weighted by Gasteiger charge is 2.22. The second kappa shape index (κ2) is 6.83. The zero-order valence-corrected chi connectivity index (χ0v) is 12.5. The molecule has 0 atom stereocenters. The van der Waals surface area contributed by atoms with Crippen molar-refractivity contribution in [2.45, 2.75) is 18.8 Å². The molecule has 1 aromatic heterocycles. The van der Waals surface area contributed by atoms with Gasteiger partial charge in [-0.1, -0.05) is 0 Å². The molecule has 3 rings (SSSR count). The van der Waals surface area contributed by atoms with Crippen molar-refractivity contribution in [1.82, 2.24) is 10.3 Å². The van der Waals surface area contributed by atoms with Crippen LogP contribution in [0.5, 0.6) is 0 Å². The predicted molar refractivity (Wildman–Crippen MR) is 83.4 cm³/mol. The summed E-state index contributed by atoms with van der Waals surface area (Å²) in [7, 11) is 0. The normalized spacial score (nSPS) is 15.4. The molecule has 120 valence electrons. The second-order valence-electron chi connectivity index (χ2n) is 5.57. The van der Waals surface area contributed by atoms with E-state index in [4.69, 9.17) is 0 Å². The van der Waals surface area contributed by atoms with Gasteiger partial charge in [0.05, 0.1) is 0 Å². The van der Waals surface area contributed by atoms with Crippen LogP contribution in [-0.4, -0.2) is 24.0 Å². The molecule has 1 amide bonds. The topological polar surface area (TPSA) is 54.0 Å². The number of rotatable bonds is 3. The standard InChI is InChI=1S/C17H17F2N3O/c18-14-9-13(11-1-5-20-6-2-11)16(10-15(14)19)22-17(23)12-3-7-21-8-4-12/h3-4,7-11,20H,1-2,5-6H2,(H,22,23).